The lowest BCUT2D eigenvalue weighted by molar-refractivity contribution is -0.117. The van der Waals surface area contributed by atoms with Crippen molar-refractivity contribution < 1.29 is 9.59 Å². The van der Waals surface area contributed by atoms with Crippen LogP contribution in [0.3, 0.4) is 0 Å². The summed E-state index contributed by atoms with van der Waals surface area (Å²) in [6, 6.07) is 24.9. The van der Waals surface area contributed by atoms with Crippen LogP contribution in [-0.4, -0.2) is 11.8 Å². The van der Waals surface area contributed by atoms with Crippen molar-refractivity contribution in [1.29, 1.82) is 0 Å². The summed E-state index contributed by atoms with van der Waals surface area (Å²) in [6.07, 6.45) is 3.07. The standard InChI is InChI=1S/C23H20N2O2/c1-17-7-9-18(10-8-17)11-16-22(26)24-25-23(27)21-14-12-20(13-15-21)19-5-3-2-4-6-19/h2-16H,1H3,(H,24,26)(H,25,27). The van der Waals surface area contributed by atoms with Crippen LogP contribution in [0.15, 0.2) is 84.9 Å². The topological polar surface area (TPSA) is 58.2 Å². The van der Waals surface area contributed by atoms with E-state index in [-0.39, 0.29) is 5.91 Å². The first kappa shape index (κ1) is 18.1. The van der Waals surface area contributed by atoms with Crippen LogP contribution in [0.5, 0.6) is 0 Å². The van der Waals surface area contributed by atoms with E-state index in [1.807, 2.05) is 73.7 Å². The molecule has 3 aromatic rings. The Hall–Kier alpha value is -3.66. The summed E-state index contributed by atoms with van der Waals surface area (Å²) in [4.78, 5) is 24.0. The maximum atomic E-state index is 12.2. The smallest absolute Gasteiger partial charge is 0.268 e. The molecule has 0 aromatic heterocycles. The molecule has 0 saturated heterocycles. The van der Waals surface area contributed by atoms with Crippen LogP contribution >= 0.6 is 0 Å². The van der Waals surface area contributed by atoms with E-state index in [9.17, 15) is 9.59 Å². The van der Waals surface area contributed by atoms with Gasteiger partial charge in [0.1, 0.15) is 0 Å². The van der Waals surface area contributed by atoms with Gasteiger partial charge in [0.15, 0.2) is 0 Å². The van der Waals surface area contributed by atoms with E-state index >= 15 is 0 Å². The molecular weight excluding hydrogens is 336 g/mol. The minimum atomic E-state index is -0.398. The molecule has 2 N–H and O–H groups in total. The largest absolute Gasteiger partial charge is 0.269 e. The third kappa shape index (κ3) is 5.16. The van der Waals surface area contributed by atoms with Gasteiger partial charge < -0.3 is 0 Å². The monoisotopic (exact) mass is 356 g/mol. The number of hydrazine groups is 1. The molecule has 0 spiro atoms. The van der Waals surface area contributed by atoms with Gasteiger partial charge in [-0.2, -0.15) is 0 Å². The molecule has 2 amide bonds. The predicted molar refractivity (Wildman–Crippen MR) is 108 cm³/mol. The van der Waals surface area contributed by atoms with Gasteiger partial charge in [-0.1, -0.05) is 72.3 Å². The van der Waals surface area contributed by atoms with Crippen molar-refractivity contribution in [2.45, 2.75) is 6.92 Å². The zero-order chi connectivity index (χ0) is 19.1. The lowest BCUT2D eigenvalue weighted by Crippen LogP contribution is -2.40. The predicted octanol–water partition coefficient (Wildman–Crippen LogP) is 4.14. The highest BCUT2D eigenvalue weighted by Gasteiger charge is 2.06. The Kier molecular flexibility index (Phi) is 5.80. The van der Waals surface area contributed by atoms with Crippen molar-refractivity contribution in [2.24, 2.45) is 0 Å². The number of hydrogen-bond donors (Lipinski definition) is 2. The molecule has 27 heavy (non-hydrogen) atoms. The van der Waals surface area contributed by atoms with Gasteiger partial charge in [-0.3, -0.25) is 20.4 Å². The highest BCUT2D eigenvalue weighted by atomic mass is 16.2. The fraction of sp³-hybridized carbons (Fsp3) is 0.0435. The highest BCUT2D eigenvalue weighted by Crippen LogP contribution is 2.19. The van der Waals surface area contributed by atoms with E-state index in [1.54, 1.807) is 18.2 Å². The molecule has 0 atom stereocenters. The van der Waals surface area contributed by atoms with Crippen molar-refractivity contribution in [1.82, 2.24) is 10.9 Å². The first-order chi connectivity index (χ1) is 13.1. The minimum absolute atomic E-state index is 0.369. The van der Waals surface area contributed by atoms with E-state index in [2.05, 4.69) is 10.9 Å². The van der Waals surface area contributed by atoms with Gasteiger partial charge in [-0.25, -0.2) is 0 Å². The van der Waals surface area contributed by atoms with Crippen molar-refractivity contribution in [3.8, 4) is 11.1 Å². The molecule has 0 aliphatic heterocycles. The van der Waals surface area contributed by atoms with E-state index in [4.69, 9.17) is 0 Å². The molecule has 3 rings (SSSR count). The maximum Gasteiger partial charge on any atom is 0.269 e. The van der Waals surface area contributed by atoms with Crippen LogP contribution in [0, 0.1) is 6.92 Å². The van der Waals surface area contributed by atoms with Crippen LogP contribution in [0.25, 0.3) is 17.2 Å². The highest BCUT2D eigenvalue weighted by molar-refractivity contribution is 5.98. The number of hydrogen-bond acceptors (Lipinski definition) is 2. The first-order valence-corrected chi connectivity index (χ1v) is 8.62. The van der Waals surface area contributed by atoms with Crippen molar-refractivity contribution in [3.05, 3.63) is 102 Å². The van der Waals surface area contributed by atoms with E-state index < -0.39 is 5.91 Å². The summed E-state index contributed by atoms with van der Waals surface area (Å²) in [7, 11) is 0. The molecule has 0 fully saturated rings. The zero-order valence-corrected chi connectivity index (χ0v) is 15.0. The van der Waals surface area contributed by atoms with Crippen LogP contribution in [0.2, 0.25) is 0 Å². The van der Waals surface area contributed by atoms with Crippen LogP contribution in [0.4, 0.5) is 0 Å². The molecule has 0 saturated carbocycles. The molecule has 0 radical (unpaired) electrons. The third-order valence-electron chi connectivity index (χ3n) is 4.06. The van der Waals surface area contributed by atoms with Gasteiger partial charge in [-0.05, 0) is 41.8 Å². The lowest BCUT2D eigenvalue weighted by atomic mass is 10.0. The molecule has 134 valence electrons. The molecule has 0 aliphatic rings. The molecular formula is C23H20N2O2. The van der Waals surface area contributed by atoms with Gasteiger partial charge in [0, 0.05) is 11.6 Å². The summed E-state index contributed by atoms with van der Waals surface area (Å²) in [5.74, 6) is -0.767. The van der Waals surface area contributed by atoms with E-state index in [0.29, 0.717) is 5.56 Å². The number of rotatable bonds is 4. The van der Waals surface area contributed by atoms with Gasteiger partial charge in [0.05, 0.1) is 0 Å². The third-order valence-corrected chi connectivity index (χ3v) is 4.06. The summed E-state index contributed by atoms with van der Waals surface area (Å²) in [5.41, 5.74) is 9.44. The molecule has 4 heteroatoms. The summed E-state index contributed by atoms with van der Waals surface area (Å²) in [5, 5.41) is 0. The molecule has 0 heterocycles. The van der Waals surface area contributed by atoms with Crippen molar-refractivity contribution in [2.75, 3.05) is 0 Å². The number of carbonyl (C=O) groups excluding carboxylic acids is 2. The number of carbonyl (C=O) groups is 2. The lowest BCUT2D eigenvalue weighted by Gasteiger charge is -2.07. The summed E-state index contributed by atoms with van der Waals surface area (Å²) >= 11 is 0. The molecule has 0 aliphatic carbocycles. The minimum Gasteiger partial charge on any atom is -0.268 e. The number of benzene rings is 3. The normalized spacial score (nSPS) is 10.6. The van der Waals surface area contributed by atoms with Crippen molar-refractivity contribution in [3.63, 3.8) is 0 Å². The second-order valence-corrected chi connectivity index (χ2v) is 6.13. The molecule has 0 bridgehead atoms. The van der Waals surface area contributed by atoms with Crippen molar-refractivity contribution >= 4 is 17.9 Å². The SMILES string of the molecule is Cc1ccc(C=CC(=O)NNC(=O)c2ccc(-c3ccccc3)cc2)cc1. The average molecular weight is 356 g/mol. The maximum absolute atomic E-state index is 12.2. The van der Waals surface area contributed by atoms with Crippen LogP contribution in [-0.2, 0) is 4.79 Å². The Morgan fingerprint density at radius 2 is 1.37 bits per heavy atom. The van der Waals surface area contributed by atoms with Crippen LogP contribution < -0.4 is 10.9 Å². The Balaban J connectivity index is 1.54. The average Bonchev–Trinajstić information content (AvgIpc) is 2.72. The number of aryl methyl sites for hydroxylation is 1. The fourth-order valence-corrected chi connectivity index (χ4v) is 2.53. The van der Waals surface area contributed by atoms with E-state index in [0.717, 1.165) is 22.3 Å². The quantitative estimate of drug-likeness (QED) is 0.545. The van der Waals surface area contributed by atoms with Gasteiger partial charge in [0.2, 0.25) is 0 Å². The van der Waals surface area contributed by atoms with Gasteiger partial charge in [0.25, 0.3) is 11.8 Å². The second-order valence-electron chi connectivity index (χ2n) is 6.13. The Morgan fingerprint density at radius 3 is 2.04 bits per heavy atom. The Bertz CT molecular complexity index is 944. The number of nitrogens with one attached hydrogen (secondary N) is 2. The van der Waals surface area contributed by atoms with E-state index in [1.165, 1.54) is 6.08 Å². The Labute approximate surface area is 158 Å². The van der Waals surface area contributed by atoms with Crippen LogP contribution in [0.1, 0.15) is 21.5 Å². The molecule has 4 nitrogen and oxygen atoms in total. The number of amides is 2. The Morgan fingerprint density at radius 1 is 0.741 bits per heavy atom. The zero-order valence-electron chi connectivity index (χ0n) is 15.0. The summed E-state index contributed by atoms with van der Waals surface area (Å²) < 4.78 is 0. The first-order valence-electron chi connectivity index (χ1n) is 8.62. The van der Waals surface area contributed by atoms with Gasteiger partial charge in [-0.15, -0.1) is 0 Å². The summed E-state index contributed by atoms with van der Waals surface area (Å²) in [6.45, 7) is 2.00. The fourth-order valence-electron chi connectivity index (χ4n) is 2.53. The molecule has 3 aromatic carbocycles. The van der Waals surface area contributed by atoms with Gasteiger partial charge >= 0.3 is 0 Å². The molecule has 0 unspecified atom stereocenters. The second kappa shape index (κ2) is 8.63.